The molecule has 2 aromatic rings. The average Bonchev–Trinajstić information content (AvgIpc) is 3.10. The number of carbonyl (C=O) groups excluding carboxylic acids is 2. The van der Waals surface area contributed by atoms with Gasteiger partial charge in [-0.05, 0) is 62.5 Å². The van der Waals surface area contributed by atoms with E-state index in [1.165, 1.54) is 26.2 Å². The number of methoxy groups -OCH3 is 4. The maximum atomic E-state index is 13.3. The van der Waals surface area contributed by atoms with Crippen LogP contribution in [0.3, 0.4) is 0 Å². The Kier molecular flexibility index (Phi) is 7.91. The number of benzene rings is 2. The van der Waals surface area contributed by atoms with Gasteiger partial charge in [0.2, 0.25) is 5.75 Å². The van der Waals surface area contributed by atoms with Gasteiger partial charge in [0.25, 0.3) is 11.7 Å². The fourth-order valence-electron chi connectivity index (χ4n) is 4.21. The van der Waals surface area contributed by atoms with E-state index in [0.717, 1.165) is 5.56 Å². The van der Waals surface area contributed by atoms with Crippen molar-refractivity contribution in [3.63, 3.8) is 0 Å². The number of amides is 1. The second-order valence-corrected chi connectivity index (χ2v) is 8.44. The molecule has 0 spiro atoms. The van der Waals surface area contributed by atoms with E-state index < -0.39 is 17.7 Å². The fraction of sp³-hybridized carbons (Fsp3) is 0.385. The Labute approximate surface area is 205 Å². The molecule has 3 rings (SSSR count). The third-order valence-electron chi connectivity index (χ3n) is 6.00. The number of ketones is 1. The number of rotatable bonds is 9. The molecule has 1 fully saturated rings. The SMILES string of the molecule is COc1ccc(C(O)=C2C(=O)C(=O)N(CCN(C)C)C2c2cc(OC)c(OC)c(OC)c2)cc1C. The predicted molar refractivity (Wildman–Crippen MR) is 131 cm³/mol. The van der Waals surface area contributed by atoms with E-state index in [9.17, 15) is 14.7 Å². The van der Waals surface area contributed by atoms with Crippen molar-refractivity contribution in [3.05, 3.63) is 52.6 Å². The number of likely N-dealkylation sites (N-methyl/N-ethyl adjacent to an activating group) is 1. The van der Waals surface area contributed by atoms with Gasteiger partial charge in [-0.3, -0.25) is 9.59 Å². The highest BCUT2D eigenvalue weighted by atomic mass is 16.5. The van der Waals surface area contributed by atoms with Crippen molar-refractivity contribution in [1.82, 2.24) is 9.80 Å². The Hall–Kier alpha value is -3.72. The summed E-state index contributed by atoms with van der Waals surface area (Å²) in [6.45, 7) is 2.63. The number of likely N-dealkylation sites (tertiary alicyclic amines) is 1. The van der Waals surface area contributed by atoms with E-state index in [1.807, 2.05) is 25.9 Å². The number of carbonyl (C=O) groups is 2. The standard InChI is InChI=1S/C26H32N2O7/c1-15-12-16(8-9-18(15)32-4)23(29)21-22(28(11-10-27(2)3)26(31)24(21)30)17-13-19(33-5)25(35-7)20(14-17)34-6/h8-9,12-14,22,29H,10-11H2,1-7H3. The summed E-state index contributed by atoms with van der Waals surface area (Å²) in [5, 5.41) is 11.3. The quantitative estimate of drug-likeness (QED) is 0.330. The van der Waals surface area contributed by atoms with E-state index in [4.69, 9.17) is 18.9 Å². The third-order valence-corrected chi connectivity index (χ3v) is 6.00. The molecular weight excluding hydrogens is 452 g/mol. The number of nitrogens with zero attached hydrogens (tertiary/aromatic N) is 2. The molecular formula is C26H32N2O7. The molecule has 1 atom stereocenters. The molecule has 0 aliphatic carbocycles. The van der Waals surface area contributed by atoms with Crippen molar-refractivity contribution in [2.45, 2.75) is 13.0 Å². The number of ether oxygens (including phenoxy) is 4. The molecule has 188 valence electrons. The van der Waals surface area contributed by atoms with Gasteiger partial charge in [0, 0.05) is 18.7 Å². The van der Waals surface area contributed by atoms with Crippen LogP contribution < -0.4 is 18.9 Å². The second kappa shape index (κ2) is 10.7. The van der Waals surface area contributed by atoms with Crippen LogP contribution in [0.4, 0.5) is 0 Å². The van der Waals surface area contributed by atoms with E-state index in [0.29, 0.717) is 40.7 Å². The highest BCUT2D eigenvalue weighted by Crippen LogP contribution is 2.45. The van der Waals surface area contributed by atoms with Gasteiger partial charge in [-0.25, -0.2) is 0 Å². The summed E-state index contributed by atoms with van der Waals surface area (Å²) in [4.78, 5) is 29.8. The fourth-order valence-corrected chi connectivity index (χ4v) is 4.21. The zero-order chi connectivity index (χ0) is 25.9. The van der Waals surface area contributed by atoms with Crippen LogP contribution in [0.5, 0.6) is 23.0 Å². The molecule has 1 aliphatic heterocycles. The topological polar surface area (TPSA) is 97.8 Å². The molecule has 1 heterocycles. The first-order valence-corrected chi connectivity index (χ1v) is 11.1. The zero-order valence-electron chi connectivity index (χ0n) is 21.2. The van der Waals surface area contributed by atoms with Crippen molar-refractivity contribution in [3.8, 4) is 23.0 Å². The van der Waals surface area contributed by atoms with Crippen LogP contribution in [0.15, 0.2) is 35.9 Å². The summed E-state index contributed by atoms with van der Waals surface area (Å²) in [6.07, 6.45) is 0. The first-order chi connectivity index (χ1) is 16.7. The molecule has 9 nitrogen and oxygen atoms in total. The Morgan fingerprint density at radius 3 is 2.03 bits per heavy atom. The number of Topliss-reactive ketones (excluding diaryl/α,β-unsaturated/α-hetero) is 1. The molecule has 2 aromatic carbocycles. The minimum Gasteiger partial charge on any atom is -0.507 e. The molecule has 9 heteroatoms. The highest BCUT2D eigenvalue weighted by Gasteiger charge is 2.46. The van der Waals surface area contributed by atoms with Crippen LogP contribution in [0.1, 0.15) is 22.7 Å². The Bertz CT molecular complexity index is 1130. The Balaban J connectivity index is 2.26. The minimum atomic E-state index is -0.855. The van der Waals surface area contributed by atoms with Gasteiger partial charge >= 0.3 is 0 Å². The van der Waals surface area contributed by atoms with E-state index in [2.05, 4.69) is 0 Å². The van der Waals surface area contributed by atoms with E-state index >= 15 is 0 Å². The van der Waals surface area contributed by atoms with Crippen molar-refractivity contribution in [1.29, 1.82) is 0 Å². The molecule has 0 bridgehead atoms. The lowest BCUT2D eigenvalue weighted by atomic mass is 9.94. The number of aryl methyl sites for hydroxylation is 1. The molecule has 1 saturated heterocycles. The summed E-state index contributed by atoms with van der Waals surface area (Å²) in [6, 6.07) is 7.60. The highest BCUT2D eigenvalue weighted by molar-refractivity contribution is 6.46. The minimum absolute atomic E-state index is 0.00686. The van der Waals surface area contributed by atoms with Crippen LogP contribution in [0.2, 0.25) is 0 Å². The van der Waals surface area contributed by atoms with Gasteiger partial charge < -0.3 is 33.9 Å². The lowest BCUT2D eigenvalue weighted by molar-refractivity contribution is -0.140. The molecule has 1 aliphatic rings. The van der Waals surface area contributed by atoms with Gasteiger partial charge in [0.05, 0.1) is 40.1 Å². The van der Waals surface area contributed by atoms with Crippen molar-refractivity contribution < 1.29 is 33.6 Å². The first kappa shape index (κ1) is 25.9. The van der Waals surface area contributed by atoms with Crippen LogP contribution >= 0.6 is 0 Å². The van der Waals surface area contributed by atoms with Gasteiger partial charge in [-0.1, -0.05) is 0 Å². The summed E-state index contributed by atoms with van der Waals surface area (Å²) in [5.74, 6) is 0.0793. The van der Waals surface area contributed by atoms with Crippen LogP contribution in [0.25, 0.3) is 5.76 Å². The summed E-state index contributed by atoms with van der Waals surface area (Å²) in [7, 11) is 9.79. The number of hydrogen-bond acceptors (Lipinski definition) is 8. The predicted octanol–water partition coefficient (Wildman–Crippen LogP) is 3.01. The second-order valence-electron chi connectivity index (χ2n) is 8.44. The molecule has 1 amide bonds. The third kappa shape index (κ3) is 4.90. The molecule has 1 N–H and O–H groups in total. The monoisotopic (exact) mass is 484 g/mol. The Morgan fingerprint density at radius 1 is 0.943 bits per heavy atom. The maximum absolute atomic E-state index is 13.3. The smallest absolute Gasteiger partial charge is 0.295 e. The first-order valence-electron chi connectivity index (χ1n) is 11.1. The van der Waals surface area contributed by atoms with Crippen molar-refractivity contribution in [2.24, 2.45) is 0 Å². The normalized spacial score (nSPS) is 17.1. The van der Waals surface area contributed by atoms with Crippen molar-refractivity contribution in [2.75, 3.05) is 55.6 Å². The lowest BCUT2D eigenvalue weighted by Gasteiger charge is -2.27. The number of aliphatic hydroxyl groups is 1. The molecule has 0 radical (unpaired) electrons. The van der Waals surface area contributed by atoms with E-state index in [-0.39, 0.29) is 17.9 Å². The largest absolute Gasteiger partial charge is 0.507 e. The van der Waals surface area contributed by atoms with Gasteiger partial charge in [-0.15, -0.1) is 0 Å². The van der Waals surface area contributed by atoms with Gasteiger partial charge in [0.15, 0.2) is 11.5 Å². The number of aliphatic hydroxyl groups excluding tert-OH is 1. The van der Waals surface area contributed by atoms with Gasteiger partial charge in [0.1, 0.15) is 11.5 Å². The van der Waals surface area contributed by atoms with Gasteiger partial charge in [-0.2, -0.15) is 0 Å². The Morgan fingerprint density at radius 2 is 1.54 bits per heavy atom. The molecule has 0 aromatic heterocycles. The van der Waals surface area contributed by atoms with Crippen LogP contribution in [0, 0.1) is 6.92 Å². The molecule has 1 unspecified atom stereocenters. The average molecular weight is 485 g/mol. The summed E-state index contributed by atoms with van der Waals surface area (Å²) < 4.78 is 21.7. The van der Waals surface area contributed by atoms with E-state index in [1.54, 1.807) is 37.4 Å². The van der Waals surface area contributed by atoms with Crippen LogP contribution in [-0.2, 0) is 9.59 Å². The molecule has 35 heavy (non-hydrogen) atoms. The summed E-state index contributed by atoms with van der Waals surface area (Å²) >= 11 is 0. The van der Waals surface area contributed by atoms with Crippen molar-refractivity contribution >= 4 is 17.4 Å². The summed E-state index contributed by atoms with van der Waals surface area (Å²) in [5.41, 5.74) is 1.73. The van der Waals surface area contributed by atoms with Crippen LogP contribution in [-0.4, -0.2) is 82.2 Å². The number of hydrogen-bond donors (Lipinski definition) is 1. The molecule has 0 saturated carbocycles. The lowest BCUT2D eigenvalue weighted by Crippen LogP contribution is -2.35. The zero-order valence-corrected chi connectivity index (χ0v) is 21.2. The maximum Gasteiger partial charge on any atom is 0.295 e.